The zero-order valence-electron chi connectivity index (χ0n) is 15.9. The third kappa shape index (κ3) is 4.19. The van der Waals surface area contributed by atoms with Gasteiger partial charge >= 0.3 is 0 Å². The fourth-order valence-corrected chi connectivity index (χ4v) is 4.23. The maximum Gasteiger partial charge on any atom is 0.284 e. The molecule has 0 spiro atoms. The minimum Gasteiger partial charge on any atom is -0.305 e. The van der Waals surface area contributed by atoms with E-state index in [2.05, 4.69) is 54.7 Å². The predicted molar refractivity (Wildman–Crippen MR) is 116 cm³/mol. The van der Waals surface area contributed by atoms with Crippen LogP contribution < -0.4 is 10.8 Å². The van der Waals surface area contributed by atoms with Gasteiger partial charge in [0.05, 0.1) is 21.1 Å². The van der Waals surface area contributed by atoms with Crippen LogP contribution in [0.5, 0.6) is 0 Å². The van der Waals surface area contributed by atoms with Crippen molar-refractivity contribution in [3.05, 3.63) is 88.9 Å². The number of nitrogens with one attached hydrogen (secondary N) is 2. The lowest BCUT2D eigenvalue weighted by Gasteiger charge is -2.16. The first-order valence-corrected chi connectivity index (χ1v) is 10.2. The number of fused-ring (bicyclic) bond motifs is 1. The molecule has 0 aliphatic rings. The second-order valence-electron chi connectivity index (χ2n) is 6.79. The third-order valence-corrected chi connectivity index (χ3v) is 5.98. The van der Waals surface area contributed by atoms with Crippen LogP contribution in [0, 0.1) is 0 Å². The van der Waals surface area contributed by atoms with Gasteiger partial charge < -0.3 is 5.32 Å². The standard InChI is InChI=1S/C23H21N3O2S/c1-15(18-10-4-7-16-6-2-3-9-19(16)18)24-14-17-8-5-11-20(25-17)21-12-13-22(29-21)23(27)26-28/h2-13,15,24,28H,14H2,1H3,(H,26,27). The lowest BCUT2D eigenvalue weighted by atomic mass is 10.00. The third-order valence-electron chi connectivity index (χ3n) is 4.87. The first kappa shape index (κ1) is 19.3. The van der Waals surface area contributed by atoms with Crippen molar-refractivity contribution < 1.29 is 10.0 Å². The van der Waals surface area contributed by atoms with E-state index in [4.69, 9.17) is 10.2 Å². The summed E-state index contributed by atoms with van der Waals surface area (Å²) in [5.74, 6) is -0.511. The molecule has 4 rings (SSSR count). The summed E-state index contributed by atoms with van der Waals surface area (Å²) in [6.45, 7) is 2.79. The Balaban J connectivity index is 1.49. The minimum absolute atomic E-state index is 0.174. The van der Waals surface area contributed by atoms with Crippen LogP contribution in [0.4, 0.5) is 0 Å². The molecule has 3 N–H and O–H groups in total. The molecule has 1 unspecified atom stereocenters. The summed E-state index contributed by atoms with van der Waals surface area (Å²) >= 11 is 1.30. The van der Waals surface area contributed by atoms with Crippen molar-refractivity contribution in [2.75, 3.05) is 0 Å². The number of carbonyl (C=O) groups is 1. The van der Waals surface area contributed by atoms with Gasteiger partial charge in [0.1, 0.15) is 0 Å². The van der Waals surface area contributed by atoms with Crippen molar-refractivity contribution in [3.8, 4) is 10.6 Å². The molecule has 2 aromatic heterocycles. The van der Waals surface area contributed by atoms with Gasteiger partial charge in [-0.1, -0.05) is 48.5 Å². The van der Waals surface area contributed by atoms with Gasteiger partial charge in [0.2, 0.25) is 0 Å². The summed E-state index contributed by atoms with van der Waals surface area (Å²) in [7, 11) is 0. The second-order valence-corrected chi connectivity index (χ2v) is 7.87. The molecule has 29 heavy (non-hydrogen) atoms. The molecule has 0 fully saturated rings. The van der Waals surface area contributed by atoms with E-state index in [0.29, 0.717) is 11.4 Å². The van der Waals surface area contributed by atoms with Gasteiger partial charge in [-0.3, -0.25) is 15.0 Å². The van der Waals surface area contributed by atoms with Crippen molar-refractivity contribution in [1.82, 2.24) is 15.8 Å². The zero-order valence-corrected chi connectivity index (χ0v) is 16.7. The van der Waals surface area contributed by atoms with Crippen molar-refractivity contribution >= 4 is 28.0 Å². The SMILES string of the molecule is CC(NCc1cccc(-c2ccc(C(=O)NO)s2)n1)c1cccc2ccccc12. The molecule has 0 aliphatic carbocycles. The number of nitrogens with zero attached hydrogens (tertiary/aromatic N) is 1. The van der Waals surface area contributed by atoms with E-state index < -0.39 is 5.91 Å². The van der Waals surface area contributed by atoms with Crippen LogP contribution in [-0.4, -0.2) is 16.1 Å². The van der Waals surface area contributed by atoms with Gasteiger partial charge in [0, 0.05) is 12.6 Å². The second kappa shape index (κ2) is 8.53. The fraction of sp³-hybridized carbons (Fsp3) is 0.130. The predicted octanol–water partition coefficient (Wildman–Crippen LogP) is 4.93. The van der Waals surface area contributed by atoms with Gasteiger partial charge in [-0.2, -0.15) is 0 Å². The quantitative estimate of drug-likeness (QED) is 0.315. The number of benzene rings is 2. The highest BCUT2D eigenvalue weighted by atomic mass is 32.1. The van der Waals surface area contributed by atoms with Crippen LogP contribution in [-0.2, 0) is 6.54 Å². The molecule has 5 nitrogen and oxygen atoms in total. The van der Waals surface area contributed by atoms with E-state index in [1.165, 1.54) is 27.7 Å². The first-order valence-electron chi connectivity index (χ1n) is 9.37. The molecular formula is C23H21N3O2S. The van der Waals surface area contributed by atoms with Crippen molar-refractivity contribution in [2.24, 2.45) is 0 Å². The first-order chi connectivity index (χ1) is 14.2. The number of thiophene rings is 1. The highest BCUT2D eigenvalue weighted by molar-refractivity contribution is 7.17. The van der Waals surface area contributed by atoms with Gasteiger partial charge in [0.15, 0.2) is 0 Å². The smallest absolute Gasteiger partial charge is 0.284 e. The minimum atomic E-state index is -0.511. The molecule has 0 aliphatic heterocycles. The Hall–Kier alpha value is -3.06. The maximum atomic E-state index is 11.5. The molecule has 1 amide bonds. The van der Waals surface area contributed by atoms with Gasteiger partial charge in [0.25, 0.3) is 5.91 Å². The normalized spacial score (nSPS) is 12.1. The number of amides is 1. The molecular weight excluding hydrogens is 382 g/mol. The van der Waals surface area contributed by atoms with Gasteiger partial charge in [-0.15, -0.1) is 11.3 Å². The van der Waals surface area contributed by atoms with E-state index in [1.807, 2.05) is 24.3 Å². The maximum absolute atomic E-state index is 11.5. The molecule has 0 saturated heterocycles. The number of aromatic nitrogens is 1. The molecule has 2 heterocycles. The average Bonchev–Trinajstić information content (AvgIpc) is 3.27. The molecule has 0 radical (unpaired) electrons. The number of hydrogen-bond acceptors (Lipinski definition) is 5. The van der Waals surface area contributed by atoms with E-state index in [0.717, 1.165) is 16.3 Å². The Kier molecular flexibility index (Phi) is 5.67. The molecule has 4 aromatic rings. The summed E-state index contributed by atoms with van der Waals surface area (Å²) in [5.41, 5.74) is 4.66. The Labute approximate surface area is 173 Å². The molecule has 0 saturated carbocycles. The number of hydroxylamine groups is 1. The summed E-state index contributed by atoms with van der Waals surface area (Å²) in [5, 5.41) is 14.8. The molecule has 2 aromatic carbocycles. The number of pyridine rings is 1. The number of rotatable bonds is 6. The summed E-state index contributed by atoms with van der Waals surface area (Å²) in [6, 6.07) is 24.3. The Morgan fingerprint density at radius 2 is 1.83 bits per heavy atom. The molecule has 0 bridgehead atoms. The lowest BCUT2D eigenvalue weighted by Crippen LogP contribution is -2.19. The fourth-order valence-electron chi connectivity index (χ4n) is 3.36. The van der Waals surface area contributed by atoms with Crippen LogP contribution in [0.2, 0.25) is 0 Å². The largest absolute Gasteiger partial charge is 0.305 e. The summed E-state index contributed by atoms with van der Waals surface area (Å²) in [4.78, 5) is 17.6. The Morgan fingerprint density at radius 1 is 1.03 bits per heavy atom. The van der Waals surface area contributed by atoms with Crippen LogP contribution >= 0.6 is 11.3 Å². The van der Waals surface area contributed by atoms with E-state index in [-0.39, 0.29) is 6.04 Å². The van der Waals surface area contributed by atoms with Crippen molar-refractivity contribution in [2.45, 2.75) is 19.5 Å². The monoisotopic (exact) mass is 403 g/mol. The van der Waals surface area contributed by atoms with E-state index >= 15 is 0 Å². The van der Waals surface area contributed by atoms with Gasteiger partial charge in [-0.05, 0) is 47.5 Å². The molecule has 1 atom stereocenters. The number of hydrogen-bond donors (Lipinski definition) is 3. The van der Waals surface area contributed by atoms with Crippen LogP contribution in [0.1, 0.15) is 33.9 Å². The van der Waals surface area contributed by atoms with Crippen molar-refractivity contribution in [1.29, 1.82) is 0 Å². The van der Waals surface area contributed by atoms with E-state index in [9.17, 15) is 4.79 Å². The lowest BCUT2D eigenvalue weighted by molar-refractivity contribution is 0.0711. The molecule has 146 valence electrons. The molecule has 6 heteroatoms. The summed E-state index contributed by atoms with van der Waals surface area (Å²) < 4.78 is 0. The van der Waals surface area contributed by atoms with Crippen LogP contribution in [0.3, 0.4) is 0 Å². The number of carbonyl (C=O) groups excluding carboxylic acids is 1. The van der Waals surface area contributed by atoms with Crippen LogP contribution in [0.15, 0.2) is 72.8 Å². The highest BCUT2D eigenvalue weighted by Gasteiger charge is 2.12. The van der Waals surface area contributed by atoms with Crippen LogP contribution in [0.25, 0.3) is 21.3 Å². The summed E-state index contributed by atoms with van der Waals surface area (Å²) in [6.07, 6.45) is 0. The van der Waals surface area contributed by atoms with Crippen molar-refractivity contribution in [3.63, 3.8) is 0 Å². The van der Waals surface area contributed by atoms with E-state index in [1.54, 1.807) is 11.5 Å². The topological polar surface area (TPSA) is 74.2 Å². The van der Waals surface area contributed by atoms with Gasteiger partial charge in [-0.25, -0.2) is 5.48 Å². The Morgan fingerprint density at radius 3 is 2.69 bits per heavy atom. The highest BCUT2D eigenvalue weighted by Crippen LogP contribution is 2.27. The Bertz CT molecular complexity index is 1150. The average molecular weight is 404 g/mol. The zero-order chi connectivity index (χ0) is 20.2.